The summed E-state index contributed by atoms with van der Waals surface area (Å²) in [5.41, 5.74) is 0.506. The fourth-order valence-corrected chi connectivity index (χ4v) is 3.27. The molecule has 0 aliphatic carbocycles. The van der Waals surface area contributed by atoms with Crippen molar-refractivity contribution in [3.63, 3.8) is 0 Å². The van der Waals surface area contributed by atoms with Crippen molar-refractivity contribution in [3.05, 3.63) is 59.0 Å². The number of carbonyl (C=O) groups excluding carboxylic acids is 1. The Morgan fingerprint density at radius 2 is 1.92 bits per heavy atom. The molecule has 3 rings (SSSR count). The van der Waals surface area contributed by atoms with Crippen LogP contribution in [-0.2, 0) is 0 Å². The number of furan rings is 1. The minimum atomic E-state index is -0.149. The molecule has 1 N–H and O–H groups in total. The van der Waals surface area contributed by atoms with Gasteiger partial charge in [-0.15, -0.1) is 12.4 Å². The first-order chi connectivity index (χ1) is 11.3. The Bertz CT molecular complexity index is 640. The topological polar surface area (TPSA) is 45.5 Å². The molecule has 1 fully saturated rings. The normalized spacial score (nSPS) is 16.2. The first-order valence-electron chi connectivity index (χ1n) is 8.06. The molecule has 1 saturated heterocycles. The van der Waals surface area contributed by atoms with Gasteiger partial charge in [-0.25, -0.2) is 0 Å². The number of carbonyl (C=O) groups is 1. The van der Waals surface area contributed by atoms with Gasteiger partial charge in [0, 0.05) is 6.54 Å². The second-order valence-electron chi connectivity index (χ2n) is 5.82. The molecule has 1 unspecified atom stereocenters. The van der Waals surface area contributed by atoms with Crippen molar-refractivity contribution in [3.8, 4) is 0 Å². The Labute approximate surface area is 153 Å². The first-order valence-corrected chi connectivity index (χ1v) is 8.43. The van der Waals surface area contributed by atoms with E-state index in [9.17, 15) is 4.79 Å². The van der Waals surface area contributed by atoms with Crippen LogP contribution in [0.3, 0.4) is 0 Å². The van der Waals surface area contributed by atoms with E-state index in [2.05, 4.69) is 10.2 Å². The van der Waals surface area contributed by atoms with Crippen molar-refractivity contribution in [2.45, 2.75) is 25.3 Å². The molecule has 0 spiro atoms. The van der Waals surface area contributed by atoms with Crippen LogP contribution in [0.15, 0.2) is 47.1 Å². The average Bonchev–Trinajstić information content (AvgIpc) is 3.10. The van der Waals surface area contributed by atoms with Crippen LogP contribution in [0.1, 0.15) is 41.4 Å². The standard InChI is InChI=1S/C18H21ClN2O2.ClH/c19-15-8-3-2-7-14(15)18(22)20-13-16(17-9-6-12-23-17)21-10-4-1-5-11-21;/h2-3,6-9,12,16H,1,4-5,10-11,13H2,(H,20,22);1H. The SMILES string of the molecule is Cl.O=C(NCC(c1ccco1)N1CCCCC1)c1ccccc1Cl. The summed E-state index contributed by atoms with van der Waals surface area (Å²) in [6.45, 7) is 2.58. The number of rotatable bonds is 5. The Hall–Kier alpha value is -1.49. The number of amides is 1. The number of piperidine rings is 1. The summed E-state index contributed by atoms with van der Waals surface area (Å²) in [5.74, 6) is 0.746. The van der Waals surface area contributed by atoms with Gasteiger partial charge in [-0.1, -0.05) is 30.2 Å². The largest absolute Gasteiger partial charge is 0.468 e. The summed E-state index contributed by atoms with van der Waals surface area (Å²) in [4.78, 5) is 14.8. The number of benzene rings is 1. The quantitative estimate of drug-likeness (QED) is 0.854. The molecule has 24 heavy (non-hydrogen) atoms. The maximum Gasteiger partial charge on any atom is 0.252 e. The molecule has 1 atom stereocenters. The first kappa shape index (κ1) is 18.8. The summed E-state index contributed by atoms with van der Waals surface area (Å²) in [5, 5.41) is 3.47. The predicted octanol–water partition coefficient (Wildman–Crippen LogP) is 4.31. The lowest BCUT2D eigenvalue weighted by atomic mass is 10.1. The van der Waals surface area contributed by atoms with Gasteiger partial charge in [0.15, 0.2) is 0 Å². The van der Waals surface area contributed by atoms with Crippen molar-refractivity contribution >= 4 is 29.9 Å². The lowest BCUT2D eigenvalue weighted by Gasteiger charge is -2.33. The van der Waals surface area contributed by atoms with Crippen LogP contribution in [0.4, 0.5) is 0 Å². The summed E-state index contributed by atoms with van der Waals surface area (Å²) in [6, 6.07) is 11.0. The molecule has 1 aromatic carbocycles. The molecule has 1 aromatic heterocycles. The number of hydrogen-bond donors (Lipinski definition) is 1. The highest BCUT2D eigenvalue weighted by Gasteiger charge is 2.25. The maximum absolute atomic E-state index is 12.4. The van der Waals surface area contributed by atoms with Gasteiger partial charge in [0.25, 0.3) is 5.91 Å². The molecule has 6 heteroatoms. The van der Waals surface area contributed by atoms with Gasteiger partial charge < -0.3 is 9.73 Å². The maximum atomic E-state index is 12.4. The molecule has 1 aliphatic rings. The highest BCUT2D eigenvalue weighted by Crippen LogP contribution is 2.25. The minimum absolute atomic E-state index is 0. The number of likely N-dealkylation sites (tertiary alicyclic amines) is 1. The van der Waals surface area contributed by atoms with Gasteiger partial charge in [0.05, 0.1) is 22.9 Å². The van der Waals surface area contributed by atoms with Crippen molar-refractivity contribution < 1.29 is 9.21 Å². The highest BCUT2D eigenvalue weighted by atomic mass is 35.5. The van der Waals surface area contributed by atoms with E-state index in [1.54, 1.807) is 18.4 Å². The van der Waals surface area contributed by atoms with E-state index in [1.807, 2.05) is 24.3 Å². The molecule has 0 bridgehead atoms. The van der Waals surface area contributed by atoms with Crippen LogP contribution < -0.4 is 5.32 Å². The number of nitrogens with one attached hydrogen (secondary N) is 1. The third-order valence-corrected chi connectivity index (χ3v) is 4.61. The molecular weight excluding hydrogens is 347 g/mol. The lowest BCUT2D eigenvalue weighted by molar-refractivity contribution is 0.0914. The van der Waals surface area contributed by atoms with Gasteiger partial charge in [0.2, 0.25) is 0 Å². The molecule has 4 nitrogen and oxygen atoms in total. The summed E-state index contributed by atoms with van der Waals surface area (Å²) < 4.78 is 5.59. The van der Waals surface area contributed by atoms with Crippen LogP contribution >= 0.6 is 24.0 Å². The van der Waals surface area contributed by atoms with E-state index in [4.69, 9.17) is 16.0 Å². The molecule has 130 valence electrons. The van der Waals surface area contributed by atoms with E-state index in [1.165, 1.54) is 19.3 Å². The fraction of sp³-hybridized carbons (Fsp3) is 0.389. The summed E-state index contributed by atoms with van der Waals surface area (Å²) in [6.07, 6.45) is 5.33. The van der Waals surface area contributed by atoms with E-state index in [-0.39, 0.29) is 24.4 Å². The lowest BCUT2D eigenvalue weighted by Crippen LogP contribution is -2.40. The van der Waals surface area contributed by atoms with Gasteiger partial charge in [-0.05, 0) is 50.2 Å². The van der Waals surface area contributed by atoms with Crippen LogP contribution in [0, 0.1) is 0 Å². The zero-order chi connectivity index (χ0) is 16.1. The smallest absolute Gasteiger partial charge is 0.252 e. The average molecular weight is 369 g/mol. The van der Waals surface area contributed by atoms with Crippen LogP contribution in [0.25, 0.3) is 0 Å². The van der Waals surface area contributed by atoms with E-state index < -0.39 is 0 Å². The predicted molar refractivity (Wildman–Crippen MR) is 97.9 cm³/mol. The Balaban J connectivity index is 0.00000208. The van der Waals surface area contributed by atoms with Crippen molar-refractivity contribution in [2.75, 3.05) is 19.6 Å². The van der Waals surface area contributed by atoms with Gasteiger partial charge in [-0.3, -0.25) is 9.69 Å². The van der Waals surface area contributed by atoms with Crippen molar-refractivity contribution in [1.82, 2.24) is 10.2 Å². The molecule has 0 radical (unpaired) electrons. The number of nitrogens with zero attached hydrogens (tertiary/aromatic N) is 1. The zero-order valence-corrected chi connectivity index (χ0v) is 15.0. The Kier molecular flexibility index (Phi) is 7.16. The highest BCUT2D eigenvalue weighted by molar-refractivity contribution is 6.33. The molecule has 0 saturated carbocycles. The molecule has 1 amide bonds. The van der Waals surface area contributed by atoms with Crippen molar-refractivity contribution in [1.29, 1.82) is 0 Å². The third-order valence-electron chi connectivity index (χ3n) is 4.28. The zero-order valence-electron chi connectivity index (χ0n) is 13.4. The molecular formula is C18H22Cl2N2O2. The molecule has 2 aromatic rings. The van der Waals surface area contributed by atoms with Crippen LogP contribution in [0.5, 0.6) is 0 Å². The minimum Gasteiger partial charge on any atom is -0.468 e. The van der Waals surface area contributed by atoms with E-state index in [0.29, 0.717) is 17.1 Å². The number of hydrogen-bond acceptors (Lipinski definition) is 3. The van der Waals surface area contributed by atoms with Gasteiger partial charge in [0.1, 0.15) is 5.76 Å². The Morgan fingerprint density at radius 3 is 2.58 bits per heavy atom. The van der Waals surface area contributed by atoms with E-state index >= 15 is 0 Å². The third kappa shape index (κ3) is 4.53. The summed E-state index contributed by atoms with van der Waals surface area (Å²) >= 11 is 6.09. The Morgan fingerprint density at radius 1 is 1.17 bits per heavy atom. The second kappa shape index (κ2) is 9.11. The summed E-state index contributed by atoms with van der Waals surface area (Å²) in [7, 11) is 0. The second-order valence-corrected chi connectivity index (χ2v) is 6.22. The van der Waals surface area contributed by atoms with E-state index in [0.717, 1.165) is 18.8 Å². The van der Waals surface area contributed by atoms with Crippen molar-refractivity contribution in [2.24, 2.45) is 0 Å². The van der Waals surface area contributed by atoms with Gasteiger partial charge in [-0.2, -0.15) is 0 Å². The monoisotopic (exact) mass is 368 g/mol. The fourth-order valence-electron chi connectivity index (χ4n) is 3.05. The molecule has 2 heterocycles. The van der Waals surface area contributed by atoms with Gasteiger partial charge >= 0.3 is 0 Å². The van der Waals surface area contributed by atoms with Crippen LogP contribution in [-0.4, -0.2) is 30.4 Å². The number of halogens is 2. The molecule has 1 aliphatic heterocycles. The van der Waals surface area contributed by atoms with Crippen LogP contribution in [0.2, 0.25) is 5.02 Å².